The van der Waals surface area contributed by atoms with E-state index in [1.54, 1.807) is 0 Å². The molecule has 0 aliphatic carbocycles. The lowest BCUT2D eigenvalue weighted by atomic mass is 10.1. The van der Waals surface area contributed by atoms with Crippen LogP contribution < -0.4 is 5.32 Å². The summed E-state index contributed by atoms with van der Waals surface area (Å²) in [5, 5.41) is 12.9. The van der Waals surface area contributed by atoms with Crippen molar-refractivity contribution in [2.75, 3.05) is 0 Å². The van der Waals surface area contributed by atoms with Gasteiger partial charge in [0.1, 0.15) is 5.69 Å². The topological polar surface area (TPSA) is 65.1 Å². The van der Waals surface area contributed by atoms with Gasteiger partial charge in [0, 0.05) is 17.4 Å². The number of aromatic nitrogens is 1. The molecule has 0 saturated heterocycles. The van der Waals surface area contributed by atoms with E-state index in [9.17, 15) is 4.79 Å². The number of fused-ring (bicyclic) bond motifs is 1. The molecule has 0 aliphatic rings. The fourth-order valence-electron chi connectivity index (χ4n) is 2.24. The summed E-state index contributed by atoms with van der Waals surface area (Å²) in [7, 11) is 0. The van der Waals surface area contributed by atoms with Gasteiger partial charge >= 0.3 is 0 Å². The quantitative estimate of drug-likeness (QED) is 0.687. The van der Waals surface area contributed by atoms with Crippen molar-refractivity contribution in [2.45, 2.75) is 13.2 Å². The average Bonchev–Trinajstić information content (AvgIpc) is 2.97. The van der Waals surface area contributed by atoms with Crippen LogP contribution in [0, 0.1) is 0 Å². The highest BCUT2D eigenvalue weighted by molar-refractivity contribution is 5.97. The van der Waals surface area contributed by atoms with E-state index in [1.807, 2.05) is 54.6 Å². The number of carbonyl (C=O) groups excluding carboxylic acids is 1. The lowest BCUT2D eigenvalue weighted by Gasteiger charge is -2.04. The first-order valence-electron chi connectivity index (χ1n) is 6.81. The van der Waals surface area contributed by atoms with Crippen molar-refractivity contribution in [3.05, 3.63) is 71.4 Å². The molecule has 106 valence electrons. The van der Waals surface area contributed by atoms with Gasteiger partial charge in [-0.25, -0.2) is 0 Å². The molecule has 1 heterocycles. The molecule has 0 radical (unpaired) electrons. The average molecular weight is 280 g/mol. The number of nitrogens with one attached hydrogen (secondary N) is 2. The Hall–Kier alpha value is -2.59. The number of amides is 1. The predicted molar refractivity (Wildman–Crippen MR) is 81.8 cm³/mol. The molecule has 0 fully saturated rings. The molecule has 0 saturated carbocycles. The van der Waals surface area contributed by atoms with E-state index in [2.05, 4.69) is 10.3 Å². The van der Waals surface area contributed by atoms with Crippen molar-refractivity contribution in [3.8, 4) is 0 Å². The van der Waals surface area contributed by atoms with Crippen molar-refractivity contribution in [2.24, 2.45) is 0 Å². The van der Waals surface area contributed by atoms with Crippen LogP contribution in [0.3, 0.4) is 0 Å². The number of hydrogen-bond donors (Lipinski definition) is 3. The molecule has 0 unspecified atom stereocenters. The Bertz CT molecular complexity index is 727. The van der Waals surface area contributed by atoms with Crippen LogP contribution in [-0.2, 0) is 13.2 Å². The van der Waals surface area contributed by atoms with Crippen LogP contribution in [0.5, 0.6) is 0 Å². The minimum atomic E-state index is -0.127. The first kappa shape index (κ1) is 13.4. The predicted octanol–water partition coefficient (Wildman–Crippen LogP) is 2.59. The number of hydrogen-bond acceptors (Lipinski definition) is 2. The van der Waals surface area contributed by atoms with Gasteiger partial charge < -0.3 is 15.4 Å². The van der Waals surface area contributed by atoms with Crippen LogP contribution in [0.4, 0.5) is 0 Å². The monoisotopic (exact) mass is 280 g/mol. The van der Waals surface area contributed by atoms with Crippen molar-refractivity contribution in [3.63, 3.8) is 0 Å². The van der Waals surface area contributed by atoms with Crippen LogP contribution in [-0.4, -0.2) is 16.0 Å². The number of para-hydroxylation sites is 1. The molecule has 3 N–H and O–H groups in total. The summed E-state index contributed by atoms with van der Waals surface area (Å²) in [5.41, 5.74) is 3.37. The van der Waals surface area contributed by atoms with Gasteiger partial charge in [0.25, 0.3) is 5.91 Å². The molecule has 2 aromatic carbocycles. The van der Waals surface area contributed by atoms with E-state index < -0.39 is 0 Å². The normalized spacial score (nSPS) is 10.7. The molecule has 21 heavy (non-hydrogen) atoms. The second kappa shape index (κ2) is 5.81. The van der Waals surface area contributed by atoms with Crippen LogP contribution in [0.1, 0.15) is 21.6 Å². The van der Waals surface area contributed by atoms with E-state index in [0.717, 1.165) is 22.0 Å². The van der Waals surface area contributed by atoms with Crippen LogP contribution >= 0.6 is 0 Å². The van der Waals surface area contributed by atoms with E-state index in [0.29, 0.717) is 12.2 Å². The number of aromatic amines is 1. The van der Waals surface area contributed by atoms with E-state index in [-0.39, 0.29) is 12.5 Å². The number of carbonyl (C=O) groups is 1. The van der Waals surface area contributed by atoms with E-state index >= 15 is 0 Å². The lowest BCUT2D eigenvalue weighted by molar-refractivity contribution is 0.0946. The minimum absolute atomic E-state index is 0.0295. The second-order valence-corrected chi connectivity index (χ2v) is 4.93. The van der Waals surface area contributed by atoms with Crippen molar-refractivity contribution in [1.82, 2.24) is 10.3 Å². The minimum Gasteiger partial charge on any atom is -0.392 e. The Morgan fingerprint density at radius 1 is 1.05 bits per heavy atom. The Morgan fingerprint density at radius 2 is 1.76 bits per heavy atom. The Labute approximate surface area is 122 Å². The molecule has 0 aliphatic heterocycles. The van der Waals surface area contributed by atoms with Crippen molar-refractivity contribution >= 4 is 16.8 Å². The molecule has 1 amide bonds. The third-order valence-corrected chi connectivity index (χ3v) is 3.43. The molecule has 4 heteroatoms. The molecule has 0 bridgehead atoms. The third-order valence-electron chi connectivity index (χ3n) is 3.43. The standard InChI is InChI=1S/C17H16N2O2/c20-11-13-7-5-12(6-8-13)10-18-17(21)16-9-14-3-1-2-4-15(14)19-16/h1-9,19-20H,10-11H2,(H,18,21). The van der Waals surface area contributed by atoms with Gasteiger partial charge in [0.15, 0.2) is 0 Å². The zero-order valence-corrected chi connectivity index (χ0v) is 11.5. The molecule has 0 atom stereocenters. The highest BCUT2D eigenvalue weighted by Crippen LogP contribution is 2.14. The van der Waals surface area contributed by atoms with Gasteiger partial charge in [0.2, 0.25) is 0 Å². The molecule has 0 spiro atoms. The SMILES string of the molecule is O=C(NCc1ccc(CO)cc1)c1cc2ccccc2[nH]1. The number of aliphatic hydroxyl groups excluding tert-OH is 1. The first-order valence-corrected chi connectivity index (χ1v) is 6.81. The summed E-state index contributed by atoms with van der Waals surface area (Å²) in [5.74, 6) is -0.127. The summed E-state index contributed by atoms with van der Waals surface area (Å²) >= 11 is 0. The molecule has 4 nitrogen and oxygen atoms in total. The van der Waals surface area contributed by atoms with E-state index in [1.165, 1.54) is 0 Å². The highest BCUT2D eigenvalue weighted by atomic mass is 16.3. The largest absolute Gasteiger partial charge is 0.392 e. The number of H-pyrrole nitrogens is 1. The van der Waals surface area contributed by atoms with Crippen LogP contribution in [0.15, 0.2) is 54.6 Å². The van der Waals surface area contributed by atoms with Gasteiger partial charge in [-0.05, 0) is 23.3 Å². The zero-order valence-electron chi connectivity index (χ0n) is 11.5. The fraction of sp³-hybridized carbons (Fsp3) is 0.118. The number of benzene rings is 2. The molecule has 3 rings (SSSR count). The van der Waals surface area contributed by atoms with Gasteiger partial charge in [-0.2, -0.15) is 0 Å². The van der Waals surface area contributed by atoms with E-state index in [4.69, 9.17) is 5.11 Å². The van der Waals surface area contributed by atoms with Crippen molar-refractivity contribution < 1.29 is 9.90 Å². The molecular formula is C17H16N2O2. The maximum absolute atomic E-state index is 12.1. The molecular weight excluding hydrogens is 264 g/mol. The highest BCUT2D eigenvalue weighted by Gasteiger charge is 2.08. The summed E-state index contributed by atoms with van der Waals surface area (Å²) in [6.45, 7) is 0.488. The maximum atomic E-state index is 12.1. The van der Waals surface area contributed by atoms with Gasteiger partial charge in [-0.3, -0.25) is 4.79 Å². The maximum Gasteiger partial charge on any atom is 0.267 e. The Morgan fingerprint density at radius 3 is 2.48 bits per heavy atom. The second-order valence-electron chi connectivity index (χ2n) is 4.93. The van der Waals surface area contributed by atoms with Crippen LogP contribution in [0.2, 0.25) is 0 Å². The summed E-state index contributed by atoms with van der Waals surface area (Å²) in [6.07, 6.45) is 0. The smallest absolute Gasteiger partial charge is 0.267 e. The first-order chi connectivity index (χ1) is 10.3. The summed E-state index contributed by atoms with van der Waals surface area (Å²) < 4.78 is 0. The van der Waals surface area contributed by atoms with Crippen LogP contribution in [0.25, 0.3) is 10.9 Å². The van der Waals surface area contributed by atoms with Gasteiger partial charge in [0.05, 0.1) is 6.61 Å². The molecule has 1 aromatic heterocycles. The summed E-state index contributed by atoms with van der Waals surface area (Å²) in [6, 6.07) is 17.1. The zero-order chi connectivity index (χ0) is 14.7. The lowest BCUT2D eigenvalue weighted by Crippen LogP contribution is -2.23. The third kappa shape index (κ3) is 2.95. The Balaban J connectivity index is 1.68. The Kier molecular flexibility index (Phi) is 3.71. The van der Waals surface area contributed by atoms with Gasteiger partial charge in [-0.15, -0.1) is 0 Å². The molecule has 3 aromatic rings. The summed E-state index contributed by atoms with van der Waals surface area (Å²) in [4.78, 5) is 15.2. The number of aliphatic hydroxyl groups is 1. The van der Waals surface area contributed by atoms with Crippen molar-refractivity contribution in [1.29, 1.82) is 0 Å². The fourth-order valence-corrected chi connectivity index (χ4v) is 2.24. The van der Waals surface area contributed by atoms with Gasteiger partial charge in [-0.1, -0.05) is 42.5 Å². The number of rotatable bonds is 4.